The highest BCUT2D eigenvalue weighted by molar-refractivity contribution is 7.17. The Balaban J connectivity index is 1.83. The molecule has 0 aliphatic carbocycles. The fourth-order valence-corrected chi connectivity index (χ4v) is 3.92. The Morgan fingerprint density at radius 2 is 1.81 bits per heavy atom. The number of thiazole rings is 1. The van der Waals surface area contributed by atoms with Crippen LogP contribution < -0.4 is 9.64 Å². The van der Waals surface area contributed by atoms with Gasteiger partial charge in [-0.15, -0.1) is 0 Å². The molecular formula is C24H24N2O5S. The van der Waals surface area contributed by atoms with Gasteiger partial charge < -0.3 is 9.47 Å². The second-order valence-electron chi connectivity index (χ2n) is 6.97. The number of esters is 1. The van der Waals surface area contributed by atoms with Crippen molar-refractivity contribution in [1.29, 1.82) is 0 Å². The van der Waals surface area contributed by atoms with Crippen molar-refractivity contribution in [2.24, 2.45) is 0 Å². The number of benzene rings is 2. The van der Waals surface area contributed by atoms with E-state index in [0.717, 1.165) is 16.9 Å². The van der Waals surface area contributed by atoms with Crippen molar-refractivity contribution in [2.75, 3.05) is 18.1 Å². The fraction of sp³-hybridized carbons (Fsp3) is 0.250. The van der Waals surface area contributed by atoms with Gasteiger partial charge in [-0.1, -0.05) is 53.8 Å². The first-order valence-corrected chi connectivity index (χ1v) is 10.9. The molecule has 0 atom stereocenters. The molecule has 0 saturated heterocycles. The smallest absolute Gasteiger partial charge is 0.350 e. The van der Waals surface area contributed by atoms with Crippen molar-refractivity contribution in [3.8, 4) is 5.75 Å². The number of amides is 1. The lowest BCUT2D eigenvalue weighted by Crippen LogP contribution is -2.34. The van der Waals surface area contributed by atoms with Crippen molar-refractivity contribution in [1.82, 2.24) is 4.98 Å². The number of aryl methyl sites for hydroxylation is 1. The molecule has 32 heavy (non-hydrogen) atoms. The number of Topliss-reactive ketones (excluding diaryl/α,β-unsaturated/α-hetero) is 1. The molecule has 0 unspecified atom stereocenters. The molecule has 2 aromatic carbocycles. The zero-order chi connectivity index (χ0) is 23.1. The van der Waals surface area contributed by atoms with E-state index in [1.165, 1.54) is 11.8 Å². The Labute approximate surface area is 190 Å². The Morgan fingerprint density at radius 1 is 1.06 bits per heavy atom. The average molecular weight is 453 g/mol. The van der Waals surface area contributed by atoms with Crippen LogP contribution in [0.2, 0.25) is 0 Å². The number of carbonyl (C=O) groups is 3. The van der Waals surface area contributed by atoms with Crippen LogP contribution in [-0.2, 0) is 16.1 Å². The predicted molar refractivity (Wildman–Crippen MR) is 122 cm³/mol. The van der Waals surface area contributed by atoms with E-state index < -0.39 is 5.97 Å². The molecule has 0 radical (unpaired) electrons. The van der Waals surface area contributed by atoms with E-state index >= 15 is 0 Å². The number of aromatic nitrogens is 1. The largest absolute Gasteiger partial charge is 0.484 e. The number of hydrogen-bond acceptors (Lipinski definition) is 7. The van der Waals surface area contributed by atoms with Gasteiger partial charge in [0.2, 0.25) is 0 Å². The van der Waals surface area contributed by atoms with Crippen LogP contribution >= 0.6 is 11.3 Å². The van der Waals surface area contributed by atoms with E-state index in [1.54, 1.807) is 38.1 Å². The van der Waals surface area contributed by atoms with Gasteiger partial charge in [-0.3, -0.25) is 14.5 Å². The van der Waals surface area contributed by atoms with Gasteiger partial charge in [0.25, 0.3) is 5.91 Å². The standard InChI is InChI=1S/C24H24N2O5S/c1-4-30-23(29)22-16(2)25-24(32-22)26(14-18-9-6-5-7-10-18)21(28)15-31-20-12-8-11-19(13-20)17(3)27/h5-13H,4,14-15H2,1-3H3. The summed E-state index contributed by atoms with van der Waals surface area (Å²) in [6, 6.07) is 16.2. The van der Waals surface area contributed by atoms with E-state index in [1.807, 2.05) is 30.3 Å². The van der Waals surface area contributed by atoms with Crippen LogP contribution in [0.15, 0.2) is 54.6 Å². The summed E-state index contributed by atoms with van der Waals surface area (Å²) in [6.45, 7) is 5.19. The monoisotopic (exact) mass is 452 g/mol. The van der Waals surface area contributed by atoms with Crippen LogP contribution in [0.3, 0.4) is 0 Å². The summed E-state index contributed by atoms with van der Waals surface area (Å²) in [4.78, 5) is 43.3. The Morgan fingerprint density at radius 3 is 2.50 bits per heavy atom. The predicted octanol–water partition coefficient (Wildman–Crippen LogP) is 4.44. The van der Waals surface area contributed by atoms with Crippen LogP contribution in [0.25, 0.3) is 0 Å². The minimum Gasteiger partial charge on any atom is -0.484 e. The zero-order valence-electron chi connectivity index (χ0n) is 18.2. The summed E-state index contributed by atoms with van der Waals surface area (Å²) in [5, 5.41) is 0.389. The molecule has 0 saturated carbocycles. The van der Waals surface area contributed by atoms with Gasteiger partial charge in [0.1, 0.15) is 10.6 Å². The number of ether oxygens (including phenoxy) is 2. The Kier molecular flexibility index (Phi) is 7.72. The van der Waals surface area contributed by atoms with Crippen LogP contribution in [0.4, 0.5) is 5.13 Å². The molecule has 1 amide bonds. The molecule has 0 bridgehead atoms. The second kappa shape index (κ2) is 10.7. The third-order valence-electron chi connectivity index (χ3n) is 4.56. The summed E-state index contributed by atoms with van der Waals surface area (Å²) in [5.74, 6) is -0.449. The molecule has 8 heteroatoms. The summed E-state index contributed by atoms with van der Waals surface area (Å²) in [6.07, 6.45) is 0. The number of carbonyl (C=O) groups excluding carboxylic acids is 3. The molecule has 3 rings (SSSR count). The van der Waals surface area contributed by atoms with Crippen molar-refractivity contribution < 1.29 is 23.9 Å². The van der Waals surface area contributed by atoms with Crippen molar-refractivity contribution in [3.05, 3.63) is 76.3 Å². The van der Waals surface area contributed by atoms with Crippen molar-refractivity contribution in [2.45, 2.75) is 27.3 Å². The topological polar surface area (TPSA) is 85.8 Å². The molecule has 0 spiro atoms. The number of rotatable bonds is 9. The minimum atomic E-state index is -0.460. The maximum absolute atomic E-state index is 13.1. The molecular weight excluding hydrogens is 428 g/mol. The molecule has 0 aliphatic rings. The zero-order valence-corrected chi connectivity index (χ0v) is 19.0. The van der Waals surface area contributed by atoms with Crippen LogP contribution in [-0.4, -0.2) is 35.9 Å². The maximum Gasteiger partial charge on any atom is 0.350 e. The lowest BCUT2D eigenvalue weighted by atomic mass is 10.1. The summed E-state index contributed by atoms with van der Waals surface area (Å²) in [5.41, 5.74) is 1.92. The minimum absolute atomic E-state index is 0.0859. The normalized spacial score (nSPS) is 10.5. The van der Waals surface area contributed by atoms with Crippen LogP contribution in [0.5, 0.6) is 5.75 Å². The number of anilines is 1. The van der Waals surface area contributed by atoms with Crippen molar-refractivity contribution >= 4 is 34.1 Å². The SMILES string of the molecule is CCOC(=O)c1sc(N(Cc2ccccc2)C(=O)COc2cccc(C(C)=O)c2)nc1C. The van der Waals surface area contributed by atoms with E-state index in [0.29, 0.717) is 27.0 Å². The quantitative estimate of drug-likeness (QED) is 0.352. The van der Waals surface area contributed by atoms with Gasteiger partial charge in [0.05, 0.1) is 18.8 Å². The molecule has 7 nitrogen and oxygen atoms in total. The molecule has 1 aromatic heterocycles. The van der Waals surface area contributed by atoms with Gasteiger partial charge in [-0.05, 0) is 38.5 Å². The number of nitrogens with zero attached hydrogens (tertiary/aromatic N) is 2. The molecule has 0 fully saturated rings. The van der Waals surface area contributed by atoms with Crippen LogP contribution in [0, 0.1) is 6.92 Å². The van der Waals surface area contributed by atoms with Crippen molar-refractivity contribution in [3.63, 3.8) is 0 Å². The third kappa shape index (κ3) is 5.79. The molecule has 1 heterocycles. The molecule has 0 N–H and O–H groups in total. The van der Waals surface area contributed by atoms with Crippen LogP contribution in [0.1, 0.15) is 45.1 Å². The average Bonchev–Trinajstić information content (AvgIpc) is 3.18. The van der Waals surface area contributed by atoms with Gasteiger partial charge in [0, 0.05) is 5.56 Å². The second-order valence-corrected chi connectivity index (χ2v) is 7.95. The lowest BCUT2D eigenvalue weighted by molar-refractivity contribution is -0.120. The highest BCUT2D eigenvalue weighted by Gasteiger charge is 2.24. The van der Waals surface area contributed by atoms with E-state index in [9.17, 15) is 14.4 Å². The van der Waals surface area contributed by atoms with Gasteiger partial charge >= 0.3 is 5.97 Å². The number of hydrogen-bond donors (Lipinski definition) is 0. The summed E-state index contributed by atoms with van der Waals surface area (Å²) >= 11 is 1.11. The van der Waals surface area contributed by atoms with E-state index in [-0.39, 0.29) is 31.4 Å². The third-order valence-corrected chi connectivity index (χ3v) is 5.72. The van der Waals surface area contributed by atoms with Gasteiger partial charge in [-0.2, -0.15) is 0 Å². The highest BCUT2D eigenvalue weighted by Crippen LogP contribution is 2.28. The van der Waals surface area contributed by atoms with E-state index in [2.05, 4.69) is 4.98 Å². The first kappa shape index (κ1) is 23.1. The Hall–Kier alpha value is -3.52. The molecule has 166 valence electrons. The first-order valence-electron chi connectivity index (χ1n) is 10.1. The number of ketones is 1. The van der Waals surface area contributed by atoms with E-state index in [4.69, 9.17) is 9.47 Å². The Bertz CT molecular complexity index is 1110. The van der Waals surface area contributed by atoms with Gasteiger partial charge in [0.15, 0.2) is 17.5 Å². The summed E-state index contributed by atoms with van der Waals surface area (Å²) < 4.78 is 10.8. The first-order chi connectivity index (χ1) is 15.4. The summed E-state index contributed by atoms with van der Waals surface area (Å²) in [7, 11) is 0. The maximum atomic E-state index is 13.1. The van der Waals surface area contributed by atoms with Gasteiger partial charge in [-0.25, -0.2) is 9.78 Å². The molecule has 0 aliphatic heterocycles. The molecule has 3 aromatic rings. The highest BCUT2D eigenvalue weighted by atomic mass is 32.1. The lowest BCUT2D eigenvalue weighted by Gasteiger charge is -2.20. The fourth-order valence-electron chi connectivity index (χ4n) is 2.94.